The van der Waals surface area contributed by atoms with Crippen molar-refractivity contribution in [2.45, 2.75) is 26.3 Å². The van der Waals surface area contributed by atoms with Gasteiger partial charge in [-0.3, -0.25) is 4.79 Å². The molecule has 0 fully saturated rings. The first-order valence-corrected chi connectivity index (χ1v) is 6.17. The van der Waals surface area contributed by atoms with Crippen LogP contribution in [0.5, 0.6) is 0 Å². The zero-order chi connectivity index (χ0) is 12.7. The number of amides is 1. The number of halogens is 1. The average Bonchev–Trinajstić information content (AvgIpc) is 2.34. The fourth-order valence-electron chi connectivity index (χ4n) is 1.55. The van der Waals surface area contributed by atoms with E-state index in [2.05, 4.69) is 5.32 Å². The smallest absolute Gasteiger partial charge is 0.246 e. The Labute approximate surface area is 107 Å². The van der Waals surface area contributed by atoms with Crippen LogP contribution in [0.15, 0.2) is 24.3 Å². The Kier molecular flexibility index (Phi) is 6.01. The summed E-state index contributed by atoms with van der Waals surface area (Å²) in [6.07, 6.45) is 0.833. The summed E-state index contributed by atoms with van der Waals surface area (Å²) < 4.78 is 5.06. The predicted molar refractivity (Wildman–Crippen MR) is 69.1 cm³/mol. The van der Waals surface area contributed by atoms with Crippen molar-refractivity contribution in [1.82, 2.24) is 5.32 Å². The van der Waals surface area contributed by atoms with Gasteiger partial charge in [-0.2, -0.15) is 0 Å². The Bertz CT molecular complexity index is 351. The lowest BCUT2D eigenvalue weighted by atomic mass is 10.0. The van der Waals surface area contributed by atoms with Gasteiger partial charge in [0.15, 0.2) is 0 Å². The number of carbonyl (C=O) groups is 1. The molecule has 0 bridgehead atoms. The Balaban J connectivity index is 2.59. The van der Waals surface area contributed by atoms with Crippen LogP contribution in [-0.4, -0.2) is 19.1 Å². The molecule has 1 unspecified atom stereocenters. The van der Waals surface area contributed by atoms with Crippen LogP contribution in [0.2, 0.25) is 5.02 Å². The minimum atomic E-state index is -0.0892. The molecule has 1 N–H and O–H groups in total. The summed E-state index contributed by atoms with van der Waals surface area (Å²) >= 11 is 5.83. The van der Waals surface area contributed by atoms with E-state index in [1.807, 2.05) is 38.1 Å². The van der Waals surface area contributed by atoms with Crippen LogP contribution >= 0.6 is 11.6 Å². The van der Waals surface area contributed by atoms with Crippen LogP contribution in [0, 0.1) is 0 Å². The second-order valence-electron chi connectivity index (χ2n) is 3.72. The predicted octanol–water partition coefficient (Wildman–Crippen LogP) is 2.94. The highest BCUT2D eigenvalue weighted by molar-refractivity contribution is 6.30. The molecule has 17 heavy (non-hydrogen) atoms. The Morgan fingerprint density at radius 2 is 2.00 bits per heavy atom. The lowest BCUT2D eigenvalue weighted by Crippen LogP contribution is -2.31. The van der Waals surface area contributed by atoms with E-state index in [1.165, 1.54) is 0 Å². The van der Waals surface area contributed by atoms with Gasteiger partial charge in [0.25, 0.3) is 0 Å². The maximum Gasteiger partial charge on any atom is 0.246 e. The van der Waals surface area contributed by atoms with Gasteiger partial charge in [-0.05, 0) is 31.0 Å². The van der Waals surface area contributed by atoms with Crippen LogP contribution < -0.4 is 5.32 Å². The lowest BCUT2D eigenvalue weighted by molar-refractivity contribution is -0.126. The van der Waals surface area contributed by atoms with Gasteiger partial charge in [0.05, 0.1) is 6.04 Å². The number of hydrogen-bond acceptors (Lipinski definition) is 2. The van der Waals surface area contributed by atoms with Gasteiger partial charge >= 0.3 is 0 Å². The van der Waals surface area contributed by atoms with Crippen LogP contribution in [0.25, 0.3) is 0 Å². The van der Waals surface area contributed by atoms with E-state index in [9.17, 15) is 4.79 Å². The molecule has 1 rings (SSSR count). The van der Waals surface area contributed by atoms with Crippen molar-refractivity contribution in [1.29, 1.82) is 0 Å². The van der Waals surface area contributed by atoms with Gasteiger partial charge in [0.1, 0.15) is 6.61 Å². The Morgan fingerprint density at radius 1 is 1.35 bits per heavy atom. The van der Waals surface area contributed by atoms with Crippen molar-refractivity contribution in [3.8, 4) is 0 Å². The molecule has 0 saturated heterocycles. The summed E-state index contributed by atoms with van der Waals surface area (Å²) in [5.41, 5.74) is 1.06. The topological polar surface area (TPSA) is 38.3 Å². The first kappa shape index (κ1) is 14.0. The molecular formula is C13H18ClNO2. The summed E-state index contributed by atoms with van der Waals surface area (Å²) in [6, 6.07) is 7.53. The molecule has 0 heterocycles. The van der Waals surface area contributed by atoms with Crippen molar-refractivity contribution in [3.63, 3.8) is 0 Å². The highest BCUT2D eigenvalue weighted by Crippen LogP contribution is 2.18. The van der Waals surface area contributed by atoms with E-state index >= 15 is 0 Å². The zero-order valence-electron chi connectivity index (χ0n) is 10.2. The van der Waals surface area contributed by atoms with E-state index in [1.54, 1.807) is 0 Å². The van der Waals surface area contributed by atoms with Crippen molar-refractivity contribution in [2.24, 2.45) is 0 Å². The van der Waals surface area contributed by atoms with Crippen LogP contribution in [0.3, 0.4) is 0 Å². The molecule has 0 aliphatic carbocycles. The number of carbonyl (C=O) groups excluding carboxylic acids is 1. The molecule has 0 saturated carbocycles. The molecule has 0 radical (unpaired) electrons. The molecule has 0 spiro atoms. The van der Waals surface area contributed by atoms with Gasteiger partial charge in [0.2, 0.25) is 5.91 Å². The molecule has 4 heteroatoms. The third kappa shape index (κ3) is 4.75. The Morgan fingerprint density at radius 3 is 2.53 bits per heavy atom. The summed E-state index contributed by atoms with van der Waals surface area (Å²) in [5.74, 6) is -0.0892. The number of hydrogen-bond donors (Lipinski definition) is 1. The Hall–Kier alpha value is -1.06. The van der Waals surface area contributed by atoms with Crippen molar-refractivity contribution < 1.29 is 9.53 Å². The largest absolute Gasteiger partial charge is 0.372 e. The second-order valence-corrected chi connectivity index (χ2v) is 4.15. The van der Waals surface area contributed by atoms with Crippen LogP contribution in [0.1, 0.15) is 31.9 Å². The van der Waals surface area contributed by atoms with E-state index in [0.29, 0.717) is 11.6 Å². The maximum atomic E-state index is 11.5. The fraction of sp³-hybridized carbons (Fsp3) is 0.462. The molecule has 0 aromatic heterocycles. The van der Waals surface area contributed by atoms with Crippen molar-refractivity contribution in [3.05, 3.63) is 34.9 Å². The molecule has 0 aliphatic rings. The summed E-state index contributed by atoms with van der Waals surface area (Å²) in [6.45, 7) is 4.55. The molecule has 1 aromatic carbocycles. The molecular weight excluding hydrogens is 238 g/mol. The lowest BCUT2D eigenvalue weighted by Gasteiger charge is -2.17. The van der Waals surface area contributed by atoms with E-state index < -0.39 is 0 Å². The molecule has 1 aromatic rings. The fourth-order valence-corrected chi connectivity index (χ4v) is 1.67. The van der Waals surface area contributed by atoms with Crippen LogP contribution in [0.4, 0.5) is 0 Å². The summed E-state index contributed by atoms with van der Waals surface area (Å²) in [4.78, 5) is 11.5. The van der Waals surface area contributed by atoms with Gasteiger partial charge in [-0.15, -0.1) is 0 Å². The van der Waals surface area contributed by atoms with Gasteiger partial charge in [-0.25, -0.2) is 0 Å². The normalized spacial score (nSPS) is 12.2. The average molecular weight is 256 g/mol. The third-order valence-corrected chi connectivity index (χ3v) is 2.71. The minimum absolute atomic E-state index is 0.0141. The second kappa shape index (κ2) is 7.30. The minimum Gasteiger partial charge on any atom is -0.372 e. The van der Waals surface area contributed by atoms with Gasteiger partial charge in [-0.1, -0.05) is 30.7 Å². The number of rotatable bonds is 6. The number of ether oxygens (including phenoxy) is 1. The van der Waals surface area contributed by atoms with E-state index in [-0.39, 0.29) is 18.6 Å². The van der Waals surface area contributed by atoms with E-state index in [4.69, 9.17) is 16.3 Å². The molecule has 3 nitrogen and oxygen atoms in total. The molecule has 0 aliphatic heterocycles. The zero-order valence-corrected chi connectivity index (χ0v) is 11.0. The van der Waals surface area contributed by atoms with Crippen LogP contribution in [-0.2, 0) is 9.53 Å². The summed E-state index contributed by atoms with van der Waals surface area (Å²) in [7, 11) is 0. The maximum absolute atomic E-state index is 11.5. The van der Waals surface area contributed by atoms with Gasteiger partial charge in [0, 0.05) is 11.6 Å². The van der Waals surface area contributed by atoms with Crippen molar-refractivity contribution >= 4 is 17.5 Å². The first-order chi connectivity index (χ1) is 8.17. The third-order valence-electron chi connectivity index (χ3n) is 2.45. The summed E-state index contributed by atoms with van der Waals surface area (Å²) in [5, 5.41) is 3.63. The standard InChI is InChI=1S/C13H18ClNO2/c1-3-12(15-13(16)9-17-4-2)10-5-7-11(14)8-6-10/h5-8,12H,3-4,9H2,1-2H3,(H,15,16). The quantitative estimate of drug-likeness (QED) is 0.849. The highest BCUT2D eigenvalue weighted by Gasteiger charge is 2.12. The molecule has 1 atom stereocenters. The molecule has 94 valence electrons. The SMILES string of the molecule is CCOCC(=O)NC(CC)c1ccc(Cl)cc1. The number of nitrogens with one attached hydrogen (secondary N) is 1. The molecule has 1 amide bonds. The van der Waals surface area contributed by atoms with Crippen molar-refractivity contribution in [2.75, 3.05) is 13.2 Å². The highest BCUT2D eigenvalue weighted by atomic mass is 35.5. The number of benzene rings is 1. The van der Waals surface area contributed by atoms with Gasteiger partial charge < -0.3 is 10.1 Å². The van der Waals surface area contributed by atoms with E-state index in [0.717, 1.165) is 12.0 Å². The monoisotopic (exact) mass is 255 g/mol. The first-order valence-electron chi connectivity index (χ1n) is 5.80.